The molecular weight excluding hydrogens is 485 g/mol. The van der Waals surface area contributed by atoms with Crippen molar-refractivity contribution in [2.24, 2.45) is 0 Å². The van der Waals surface area contributed by atoms with Gasteiger partial charge in [-0.25, -0.2) is 0 Å². The van der Waals surface area contributed by atoms with E-state index in [9.17, 15) is 14.3 Å². The van der Waals surface area contributed by atoms with Gasteiger partial charge in [-0.2, -0.15) is 0 Å². The van der Waals surface area contributed by atoms with Gasteiger partial charge in [0.25, 0.3) is 5.91 Å². The van der Waals surface area contributed by atoms with Crippen LogP contribution >= 0.6 is 7.60 Å². The fourth-order valence-electron chi connectivity index (χ4n) is 4.06. The molecule has 0 aromatic heterocycles. The molecule has 0 heterocycles. The molecule has 0 spiro atoms. The molecule has 0 bridgehead atoms. The lowest BCUT2D eigenvalue weighted by molar-refractivity contribution is 0.102. The third-order valence-corrected chi connectivity index (χ3v) is 7.43. The molecule has 0 aliphatic rings. The zero-order chi connectivity index (χ0) is 26.5. The monoisotopic (exact) mass is 523 g/mol. The Morgan fingerprint density at radius 2 is 1.51 bits per heavy atom. The Morgan fingerprint density at radius 1 is 0.865 bits per heavy atom. The van der Waals surface area contributed by atoms with Crippen molar-refractivity contribution in [2.75, 3.05) is 18.5 Å². The molecule has 0 aliphatic heterocycles. The number of carbonyl (C=O) groups excluding carboxylic acids is 1. The summed E-state index contributed by atoms with van der Waals surface area (Å²) in [5.41, 5.74) is 3.76. The van der Waals surface area contributed by atoms with E-state index in [0.717, 1.165) is 29.9 Å². The maximum absolute atomic E-state index is 12.7. The molecule has 37 heavy (non-hydrogen) atoms. The first kappa shape index (κ1) is 28.6. The van der Waals surface area contributed by atoms with Crippen molar-refractivity contribution >= 4 is 19.2 Å². The Labute approximate surface area is 220 Å². The minimum absolute atomic E-state index is 0.109. The molecule has 3 rings (SSSR count). The molecule has 7 heteroatoms. The Balaban J connectivity index is 1.52. The van der Waals surface area contributed by atoms with E-state index in [1.165, 1.54) is 32.1 Å². The van der Waals surface area contributed by atoms with Crippen LogP contribution in [0.5, 0.6) is 5.75 Å². The lowest BCUT2D eigenvalue weighted by Crippen LogP contribution is -2.11. The molecule has 3 aromatic rings. The van der Waals surface area contributed by atoms with Gasteiger partial charge in [0, 0.05) is 11.3 Å². The minimum Gasteiger partial charge on any atom is -0.494 e. The van der Waals surface area contributed by atoms with E-state index in [1.54, 1.807) is 43.3 Å². The van der Waals surface area contributed by atoms with Crippen molar-refractivity contribution in [1.29, 1.82) is 0 Å². The second-order valence-electron chi connectivity index (χ2n) is 9.09. The van der Waals surface area contributed by atoms with Crippen molar-refractivity contribution in [2.45, 2.75) is 58.5 Å². The summed E-state index contributed by atoms with van der Waals surface area (Å²) in [6.07, 6.45) is 7.34. The molecule has 0 fully saturated rings. The van der Waals surface area contributed by atoms with Crippen molar-refractivity contribution in [1.82, 2.24) is 0 Å². The number of benzene rings is 3. The largest absolute Gasteiger partial charge is 0.494 e. The van der Waals surface area contributed by atoms with Gasteiger partial charge in [-0.1, -0.05) is 75.4 Å². The van der Waals surface area contributed by atoms with E-state index in [-0.39, 0.29) is 18.7 Å². The van der Waals surface area contributed by atoms with Gasteiger partial charge in [0.2, 0.25) is 0 Å². The molecule has 1 unspecified atom stereocenters. The molecule has 0 saturated carbocycles. The molecule has 3 aromatic carbocycles. The lowest BCUT2D eigenvalue weighted by Gasteiger charge is -2.12. The SMILES string of the molecule is CCCCCCCCOc1ccc(-c2ccc(C(=O)Nc3cccc(CP(=O)(O)OCC)c3)cc2)cc1. The van der Waals surface area contributed by atoms with E-state index in [0.29, 0.717) is 16.8 Å². The number of amides is 1. The highest BCUT2D eigenvalue weighted by Crippen LogP contribution is 2.45. The quantitative estimate of drug-likeness (QED) is 0.155. The average Bonchev–Trinajstić information content (AvgIpc) is 2.88. The number of rotatable bonds is 15. The summed E-state index contributed by atoms with van der Waals surface area (Å²) in [4.78, 5) is 22.6. The predicted octanol–water partition coefficient (Wildman–Crippen LogP) is 8.07. The average molecular weight is 524 g/mol. The molecule has 0 aliphatic carbocycles. The molecule has 1 amide bonds. The number of ether oxygens (including phenoxy) is 1. The smallest absolute Gasteiger partial charge is 0.332 e. The standard InChI is InChI=1S/C30H38NO5P/c1-3-5-6-7-8-9-21-35-29-19-17-26(18-20-29)25-13-15-27(16-14-25)30(32)31-28-12-10-11-24(22-28)23-37(33,34)36-4-2/h10-20,22H,3-9,21,23H2,1-2H3,(H,31,32)(H,33,34). The number of carbonyl (C=O) groups is 1. The maximum atomic E-state index is 12.7. The highest BCUT2D eigenvalue weighted by Gasteiger charge is 2.19. The second kappa shape index (κ2) is 14.7. The summed E-state index contributed by atoms with van der Waals surface area (Å²) in [6, 6.07) is 22.3. The van der Waals surface area contributed by atoms with Crippen LogP contribution in [0, 0.1) is 0 Å². The van der Waals surface area contributed by atoms with Crippen LogP contribution in [0.15, 0.2) is 72.8 Å². The molecular formula is C30H38NO5P. The zero-order valence-electron chi connectivity index (χ0n) is 21.8. The fraction of sp³-hybridized carbons (Fsp3) is 0.367. The Kier molecular flexibility index (Phi) is 11.4. The first-order valence-electron chi connectivity index (χ1n) is 13.1. The van der Waals surface area contributed by atoms with Crippen LogP contribution in [-0.2, 0) is 15.3 Å². The topological polar surface area (TPSA) is 84.9 Å². The van der Waals surface area contributed by atoms with Gasteiger partial charge in [0.15, 0.2) is 0 Å². The Bertz CT molecular complexity index is 1160. The van der Waals surface area contributed by atoms with Crippen LogP contribution < -0.4 is 10.1 Å². The minimum atomic E-state index is -3.70. The number of anilines is 1. The summed E-state index contributed by atoms with van der Waals surface area (Å²) in [7, 11) is -3.70. The van der Waals surface area contributed by atoms with Gasteiger partial charge >= 0.3 is 7.60 Å². The number of nitrogens with one attached hydrogen (secondary N) is 1. The van der Waals surface area contributed by atoms with Crippen LogP contribution in [0.4, 0.5) is 5.69 Å². The summed E-state index contributed by atoms with van der Waals surface area (Å²) in [5.74, 6) is 0.619. The van der Waals surface area contributed by atoms with E-state index in [2.05, 4.69) is 12.2 Å². The highest BCUT2D eigenvalue weighted by atomic mass is 31.2. The number of hydrogen-bond donors (Lipinski definition) is 2. The molecule has 0 saturated heterocycles. The number of unbranched alkanes of at least 4 members (excludes halogenated alkanes) is 5. The third-order valence-electron chi connectivity index (χ3n) is 6.00. The van der Waals surface area contributed by atoms with Gasteiger partial charge in [0.05, 0.1) is 19.4 Å². The van der Waals surface area contributed by atoms with Crippen LogP contribution in [0.1, 0.15) is 68.3 Å². The molecule has 1 atom stereocenters. The van der Waals surface area contributed by atoms with Gasteiger partial charge in [-0.05, 0) is 66.4 Å². The van der Waals surface area contributed by atoms with Crippen LogP contribution in [0.25, 0.3) is 11.1 Å². The van der Waals surface area contributed by atoms with Gasteiger partial charge in [-0.3, -0.25) is 9.36 Å². The lowest BCUT2D eigenvalue weighted by atomic mass is 10.0. The first-order chi connectivity index (χ1) is 17.9. The van der Waals surface area contributed by atoms with E-state index < -0.39 is 7.60 Å². The summed E-state index contributed by atoms with van der Waals surface area (Å²) in [5, 5.41) is 2.85. The normalized spacial score (nSPS) is 12.6. The van der Waals surface area contributed by atoms with Crippen molar-refractivity contribution in [3.05, 3.63) is 83.9 Å². The summed E-state index contributed by atoms with van der Waals surface area (Å²) in [6.45, 7) is 4.80. The van der Waals surface area contributed by atoms with Crippen molar-refractivity contribution in [3.63, 3.8) is 0 Å². The summed E-state index contributed by atoms with van der Waals surface area (Å²) < 4.78 is 22.8. The van der Waals surface area contributed by atoms with Crippen LogP contribution in [0.3, 0.4) is 0 Å². The maximum Gasteiger partial charge on any atom is 0.332 e. The summed E-state index contributed by atoms with van der Waals surface area (Å²) >= 11 is 0. The highest BCUT2D eigenvalue weighted by molar-refractivity contribution is 7.51. The fourth-order valence-corrected chi connectivity index (χ4v) is 5.21. The van der Waals surface area contributed by atoms with Crippen LogP contribution in [-0.4, -0.2) is 24.0 Å². The van der Waals surface area contributed by atoms with E-state index in [4.69, 9.17) is 9.26 Å². The first-order valence-corrected chi connectivity index (χ1v) is 14.9. The molecule has 198 valence electrons. The van der Waals surface area contributed by atoms with Gasteiger partial charge < -0.3 is 19.5 Å². The van der Waals surface area contributed by atoms with E-state index in [1.807, 2.05) is 36.4 Å². The second-order valence-corrected chi connectivity index (χ2v) is 10.9. The van der Waals surface area contributed by atoms with Crippen molar-refractivity contribution < 1.29 is 23.5 Å². The molecule has 0 radical (unpaired) electrons. The third kappa shape index (κ3) is 9.81. The van der Waals surface area contributed by atoms with Gasteiger partial charge in [-0.15, -0.1) is 0 Å². The van der Waals surface area contributed by atoms with Crippen molar-refractivity contribution in [3.8, 4) is 16.9 Å². The Morgan fingerprint density at radius 3 is 2.19 bits per heavy atom. The van der Waals surface area contributed by atoms with E-state index >= 15 is 0 Å². The molecule has 2 N–H and O–H groups in total. The zero-order valence-corrected chi connectivity index (χ0v) is 22.7. The van der Waals surface area contributed by atoms with Crippen LogP contribution in [0.2, 0.25) is 0 Å². The molecule has 6 nitrogen and oxygen atoms in total. The predicted molar refractivity (Wildman–Crippen MR) is 150 cm³/mol. The van der Waals surface area contributed by atoms with Gasteiger partial charge in [0.1, 0.15) is 5.75 Å². The Hall–Kier alpha value is -2.92. The number of hydrogen-bond acceptors (Lipinski definition) is 4.